The fraction of sp³-hybridized carbons (Fsp3) is 0.833. The number of carbonyl (C=O) groups excluding carboxylic acids is 1. The Morgan fingerprint density at radius 2 is 1.18 bits per heavy atom. The van der Waals surface area contributed by atoms with E-state index in [1.165, 1.54) is 76.7 Å². The number of hydrogen-bond acceptors (Lipinski definition) is 5. The third-order valence-corrected chi connectivity index (χ3v) is 7.52. The van der Waals surface area contributed by atoms with Gasteiger partial charge in [-0.15, -0.1) is 0 Å². The Hall–Kier alpha value is -1.22. The zero-order chi connectivity index (χ0) is 28.5. The lowest BCUT2D eigenvalue weighted by Crippen LogP contribution is -2.50. The van der Waals surface area contributed by atoms with E-state index in [1.807, 2.05) is 0 Å². The molecule has 0 aromatic rings. The van der Waals surface area contributed by atoms with Gasteiger partial charge < -0.3 is 15.5 Å². The SMILES string of the molecule is CCCCCCC/C=C/CC/C=C/C(O)C(CS(=O)(=O)O)NC(=O)C(O)CCCCCCCCCCCC. The van der Waals surface area contributed by atoms with Gasteiger partial charge in [-0.1, -0.05) is 128 Å². The Kier molecular flexibility index (Phi) is 24.0. The Bertz CT molecular complexity index is 722. The molecule has 0 spiro atoms. The number of amides is 1. The van der Waals surface area contributed by atoms with E-state index in [-0.39, 0.29) is 6.42 Å². The van der Waals surface area contributed by atoms with Gasteiger partial charge in [-0.3, -0.25) is 9.35 Å². The molecule has 3 atom stereocenters. The Morgan fingerprint density at radius 3 is 1.74 bits per heavy atom. The minimum Gasteiger partial charge on any atom is -0.387 e. The summed E-state index contributed by atoms with van der Waals surface area (Å²) in [6, 6.07) is -1.24. The molecule has 8 heteroatoms. The molecular formula is C30H57NO6S. The van der Waals surface area contributed by atoms with Crippen molar-refractivity contribution < 1.29 is 28.0 Å². The number of carbonyl (C=O) groups is 1. The summed E-state index contributed by atoms with van der Waals surface area (Å²) in [6.07, 6.45) is 25.3. The van der Waals surface area contributed by atoms with Crippen molar-refractivity contribution in [3.8, 4) is 0 Å². The van der Waals surface area contributed by atoms with Crippen molar-refractivity contribution in [1.82, 2.24) is 5.32 Å². The van der Waals surface area contributed by atoms with Gasteiger partial charge in [0.1, 0.15) is 6.10 Å². The minimum atomic E-state index is -4.43. The standard InChI is InChI=1S/C30H57NO6S/c1-3-5-7-9-11-13-15-17-18-20-22-24-28(32)27(26-38(35,36)37)31-30(34)29(33)25-23-21-19-16-14-12-10-8-6-4-2/h15,17,22,24,27-29,32-33H,3-14,16,18-21,23,25-26H2,1-2H3,(H,31,34)(H,35,36,37)/b17-15+,24-22+. The van der Waals surface area contributed by atoms with Crippen LogP contribution >= 0.6 is 0 Å². The monoisotopic (exact) mass is 559 g/mol. The van der Waals surface area contributed by atoms with Crippen LogP contribution < -0.4 is 5.32 Å². The van der Waals surface area contributed by atoms with Gasteiger partial charge in [0.15, 0.2) is 0 Å². The predicted octanol–water partition coefficient (Wildman–Crippen LogP) is 6.64. The third-order valence-electron chi connectivity index (χ3n) is 6.74. The average molecular weight is 560 g/mol. The minimum absolute atomic E-state index is 0.276. The lowest BCUT2D eigenvalue weighted by atomic mass is 10.0. The molecule has 0 radical (unpaired) electrons. The maximum Gasteiger partial charge on any atom is 0.267 e. The summed E-state index contributed by atoms with van der Waals surface area (Å²) in [7, 11) is -4.43. The quantitative estimate of drug-likeness (QED) is 0.0535. The van der Waals surface area contributed by atoms with Crippen LogP contribution in [-0.2, 0) is 14.9 Å². The van der Waals surface area contributed by atoms with E-state index < -0.39 is 40.0 Å². The number of aliphatic hydroxyl groups is 2. The highest BCUT2D eigenvalue weighted by molar-refractivity contribution is 7.85. The summed E-state index contributed by atoms with van der Waals surface area (Å²) >= 11 is 0. The average Bonchev–Trinajstić information content (AvgIpc) is 2.86. The topological polar surface area (TPSA) is 124 Å². The van der Waals surface area contributed by atoms with Gasteiger partial charge in [0.2, 0.25) is 5.91 Å². The van der Waals surface area contributed by atoms with E-state index in [2.05, 4.69) is 31.3 Å². The second kappa shape index (κ2) is 24.8. The van der Waals surface area contributed by atoms with E-state index in [0.717, 1.165) is 32.1 Å². The zero-order valence-electron chi connectivity index (χ0n) is 24.2. The van der Waals surface area contributed by atoms with Crippen molar-refractivity contribution >= 4 is 16.0 Å². The number of allylic oxidation sites excluding steroid dienone is 3. The fourth-order valence-electron chi connectivity index (χ4n) is 4.35. The van der Waals surface area contributed by atoms with Crippen molar-refractivity contribution in [2.75, 3.05) is 5.75 Å². The number of hydrogen-bond donors (Lipinski definition) is 4. The van der Waals surface area contributed by atoms with E-state index in [0.29, 0.717) is 12.8 Å². The summed E-state index contributed by atoms with van der Waals surface area (Å²) in [5, 5.41) is 23.1. The lowest BCUT2D eigenvalue weighted by molar-refractivity contribution is -0.130. The second-order valence-corrected chi connectivity index (χ2v) is 12.0. The van der Waals surface area contributed by atoms with Gasteiger partial charge in [-0.05, 0) is 32.1 Å². The molecule has 0 aliphatic rings. The van der Waals surface area contributed by atoms with E-state index in [9.17, 15) is 28.0 Å². The maximum absolute atomic E-state index is 12.4. The van der Waals surface area contributed by atoms with Crippen LogP contribution in [0, 0.1) is 0 Å². The molecule has 3 unspecified atom stereocenters. The first-order valence-electron chi connectivity index (χ1n) is 15.1. The third kappa shape index (κ3) is 23.9. The smallest absolute Gasteiger partial charge is 0.267 e. The Balaban J connectivity index is 4.33. The molecule has 38 heavy (non-hydrogen) atoms. The van der Waals surface area contributed by atoms with Gasteiger partial charge in [0.25, 0.3) is 10.1 Å². The maximum atomic E-state index is 12.4. The van der Waals surface area contributed by atoms with Gasteiger partial charge in [-0.25, -0.2) is 0 Å². The van der Waals surface area contributed by atoms with Crippen LogP contribution in [0.2, 0.25) is 0 Å². The molecule has 0 aliphatic carbocycles. The summed E-state index contributed by atoms with van der Waals surface area (Å²) in [6.45, 7) is 4.41. The molecular weight excluding hydrogens is 502 g/mol. The van der Waals surface area contributed by atoms with Gasteiger partial charge in [0.05, 0.1) is 17.9 Å². The normalized spacial score (nSPS) is 14.8. The Morgan fingerprint density at radius 1 is 0.711 bits per heavy atom. The number of unbranched alkanes of at least 4 members (excludes halogenated alkanes) is 15. The molecule has 0 bridgehead atoms. The fourth-order valence-corrected chi connectivity index (χ4v) is 5.09. The molecule has 0 saturated carbocycles. The van der Waals surface area contributed by atoms with Crippen LogP contribution in [-0.4, -0.2) is 53.1 Å². The van der Waals surface area contributed by atoms with Crippen molar-refractivity contribution in [3.63, 3.8) is 0 Å². The first-order valence-corrected chi connectivity index (χ1v) is 16.8. The largest absolute Gasteiger partial charge is 0.387 e. The molecule has 0 heterocycles. The van der Waals surface area contributed by atoms with Crippen molar-refractivity contribution in [3.05, 3.63) is 24.3 Å². The van der Waals surface area contributed by atoms with Gasteiger partial charge in [-0.2, -0.15) is 8.42 Å². The highest BCUT2D eigenvalue weighted by Gasteiger charge is 2.27. The molecule has 4 N–H and O–H groups in total. The second-order valence-electron chi connectivity index (χ2n) is 10.5. The number of nitrogens with one attached hydrogen (secondary N) is 1. The summed E-state index contributed by atoms with van der Waals surface area (Å²) in [5.74, 6) is -1.56. The molecule has 0 aliphatic heterocycles. The first-order chi connectivity index (χ1) is 18.2. The van der Waals surface area contributed by atoms with Crippen LogP contribution in [0.25, 0.3) is 0 Å². The summed E-state index contributed by atoms with van der Waals surface area (Å²) in [4.78, 5) is 12.4. The molecule has 0 aromatic heterocycles. The highest BCUT2D eigenvalue weighted by Crippen LogP contribution is 2.13. The molecule has 0 rings (SSSR count). The van der Waals surface area contributed by atoms with Crippen LogP contribution in [0.15, 0.2) is 24.3 Å². The first kappa shape index (κ1) is 36.8. The van der Waals surface area contributed by atoms with E-state index in [4.69, 9.17) is 0 Å². The van der Waals surface area contributed by atoms with Crippen LogP contribution in [0.5, 0.6) is 0 Å². The van der Waals surface area contributed by atoms with Crippen LogP contribution in [0.4, 0.5) is 0 Å². The van der Waals surface area contributed by atoms with Gasteiger partial charge >= 0.3 is 0 Å². The molecule has 0 aromatic carbocycles. The molecule has 1 amide bonds. The number of aliphatic hydroxyl groups excluding tert-OH is 2. The number of rotatable bonds is 26. The Labute approximate surface area is 233 Å². The van der Waals surface area contributed by atoms with Crippen molar-refractivity contribution in [2.24, 2.45) is 0 Å². The highest BCUT2D eigenvalue weighted by atomic mass is 32.2. The van der Waals surface area contributed by atoms with Crippen LogP contribution in [0.1, 0.15) is 136 Å². The van der Waals surface area contributed by atoms with E-state index >= 15 is 0 Å². The molecule has 224 valence electrons. The summed E-state index contributed by atoms with van der Waals surface area (Å²) < 4.78 is 32.1. The zero-order valence-corrected chi connectivity index (χ0v) is 25.0. The molecule has 0 fully saturated rings. The molecule has 7 nitrogen and oxygen atoms in total. The summed E-state index contributed by atoms with van der Waals surface area (Å²) in [5.41, 5.74) is 0. The van der Waals surface area contributed by atoms with E-state index in [1.54, 1.807) is 6.08 Å². The van der Waals surface area contributed by atoms with Gasteiger partial charge in [0, 0.05) is 0 Å². The molecule has 0 saturated heterocycles. The van der Waals surface area contributed by atoms with Crippen LogP contribution in [0.3, 0.4) is 0 Å². The van der Waals surface area contributed by atoms with Crippen molar-refractivity contribution in [2.45, 2.75) is 154 Å². The predicted molar refractivity (Wildman–Crippen MR) is 158 cm³/mol. The van der Waals surface area contributed by atoms with Crippen molar-refractivity contribution in [1.29, 1.82) is 0 Å². The lowest BCUT2D eigenvalue weighted by Gasteiger charge is -2.22.